The Bertz CT molecular complexity index is 596. The van der Waals surface area contributed by atoms with Crippen LogP contribution in [0.3, 0.4) is 0 Å². The number of carboxylic acid groups (broad SMARTS) is 1. The van der Waals surface area contributed by atoms with Crippen molar-refractivity contribution in [3.8, 4) is 0 Å². The van der Waals surface area contributed by atoms with Crippen molar-refractivity contribution >= 4 is 22.4 Å². The Hall–Kier alpha value is -1.95. The lowest BCUT2D eigenvalue weighted by molar-refractivity contribution is 0.0700. The number of hydrogen-bond acceptors (Lipinski definition) is 5. The first-order valence-corrected chi connectivity index (χ1v) is 7.15. The standard InChI is InChI=1S/C14H17N3O2S/c1-9(2)11-12(13(18)19)20-14(16-11)17(3)8-10-6-4-5-7-15-10/h4-7,9H,8H2,1-3H3,(H,18,19). The summed E-state index contributed by atoms with van der Waals surface area (Å²) >= 11 is 1.21. The van der Waals surface area contributed by atoms with Gasteiger partial charge in [-0.3, -0.25) is 4.98 Å². The second-order valence-electron chi connectivity index (χ2n) is 4.85. The van der Waals surface area contributed by atoms with Crippen LogP contribution in [0.1, 0.15) is 40.8 Å². The predicted molar refractivity (Wildman–Crippen MR) is 79.5 cm³/mol. The molecule has 0 aromatic carbocycles. The van der Waals surface area contributed by atoms with Crippen LogP contribution in [-0.4, -0.2) is 28.1 Å². The fourth-order valence-corrected chi connectivity index (χ4v) is 2.85. The van der Waals surface area contributed by atoms with Gasteiger partial charge in [0.2, 0.25) is 0 Å². The highest BCUT2D eigenvalue weighted by molar-refractivity contribution is 7.17. The summed E-state index contributed by atoms with van der Waals surface area (Å²) in [7, 11) is 1.89. The van der Waals surface area contributed by atoms with Gasteiger partial charge in [0, 0.05) is 13.2 Å². The maximum absolute atomic E-state index is 11.3. The molecule has 0 aliphatic rings. The molecule has 1 N–H and O–H groups in total. The first-order chi connectivity index (χ1) is 9.49. The quantitative estimate of drug-likeness (QED) is 0.917. The Morgan fingerprint density at radius 3 is 2.70 bits per heavy atom. The van der Waals surface area contributed by atoms with Gasteiger partial charge in [-0.1, -0.05) is 31.3 Å². The van der Waals surface area contributed by atoms with E-state index in [1.54, 1.807) is 6.20 Å². The first kappa shape index (κ1) is 14.5. The van der Waals surface area contributed by atoms with Crippen molar-refractivity contribution in [3.05, 3.63) is 40.7 Å². The number of anilines is 1. The molecule has 0 bridgehead atoms. The van der Waals surface area contributed by atoms with Crippen LogP contribution in [0.2, 0.25) is 0 Å². The minimum Gasteiger partial charge on any atom is -0.477 e. The molecule has 0 unspecified atom stereocenters. The molecule has 0 aliphatic heterocycles. The number of hydrogen-bond donors (Lipinski definition) is 1. The summed E-state index contributed by atoms with van der Waals surface area (Å²) in [6.45, 7) is 4.50. The summed E-state index contributed by atoms with van der Waals surface area (Å²) in [5, 5.41) is 9.94. The van der Waals surface area contributed by atoms with Crippen molar-refractivity contribution in [2.75, 3.05) is 11.9 Å². The third-order valence-corrected chi connectivity index (χ3v) is 4.01. The number of pyridine rings is 1. The van der Waals surface area contributed by atoms with E-state index in [0.717, 1.165) is 5.69 Å². The van der Waals surface area contributed by atoms with Crippen molar-refractivity contribution in [1.82, 2.24) is 9.97 Å². The molecule has 0 spiro atoms. The molecule has 0 radical (unpaired) electrons. The molecule has 2 heterocycles. The molecule has 5 nitrogen and oxygen atoms in total. The van der Waals surface area contributed by atoms with Gasteiger partial charge in [-0.25, -0.2) is 9.78 Å². The van der Waals surface area contributed by atoms with E-state index >= 15 is 0 Å². The van der Waals surface area contributed by atoms with E-state index in [0.29, 0.717) is 22.2 Å². The van der Waals surface area contributed by atoms with E-state index in [1.807, 2.05) is 44.0 Å². The molecule has 0 amide bonds. The fraction of sp³-hybridized carbons (Fsp3) is 0.357. The minimum atomic E-state index is -0.913. The number of carboxylic acids is 1. The van der Waals surface area contributed by atoms with Crippen LogP contribution < -0.4 is 4.90 Å². The third kappa shape index (κ3) is 3.14. The summed E-state index contributed by atoms with van der Waals surface area (Å²) in [4.78, 5) is 22.2. The Kier molecular flexibility index (Phi) is 4.34. The molecule has 2 rings (SSSR count). The third-order valence-electron chi connectivity index (χ3n) is 2.84. The summed E-state index contributed by atoms with van der Waals surface area (Å²) in [5.41, 5.74) is 1.57. The summed E-state index contributed by atoms with van der Waals surface area (Å²) in [5.74, 6) is -0.821. The molecule has 2 aromatic heterocycles. The molecule has 0 aliphatic carbocycles. The van der Waals surface area contributed by atoms with Gasteiger partial charge in [0.25, 0.3) is 0 Å². The van der Waals surface area contributed by atoms with Crippen molar-refractivity contribution in [1.29, 1.82) is 0 Å². The minimum absolute atomic E-state index is 0.0920. The summed E-state index contributed by atoms with van der Waals surface area (Å²) < 4.78 is 0. The molecular formula is C14H17N3O2S. The molecule has 2 aromatic rings. The fourth-order valence-electron chi connectivity index (χ4n) is 1.83. The van der Waals surface area contributed by atoms with Gasteiger partial charge in [-0.2, -0.15) is 0 Å². The SMILES string of the molecule is CC(C)c1nc(N(C)Cc2ccccn2)sc1C(=O)O. The van der Waals surface area contributed by atoms with Crippen LogP contribution in [0.15, 0.2) is 24.4 Å². The Morgan fingerprint density at radius 1 is 1.45 bits per heavy atom. The number of thiazole rings is 1. The second kappa shape index (κ2) is 6.00. The van der Waals surface area contributed by atoms with E-state index < -0.39 is 5.97 Å². The molecule has 0 saturated carbocycles. The zero-order valence-corrected chi connectivity index (χ0v) is 12.5. The highest BCUT2D eigenvalue weighted by atomic mass is 32.1. The second-order valence-corrected chi connectivity index (χ2v) is 5.83. The van der Waals surface area contributed by atoms with E-state index in [-0.39, 0.29) is 5.92 Å². The van der Waals surface area contributed by atoms with Gasteiger partial charge in [0.15, 0.2) is 5.13 Å². The van der Waals surface area contributed by atoms with Gasteiger partial charge < -0.3 is 10.0 Å². The first-order valence-electron chi connectivity index (χ1n) is 6.34. The smallest absolute Gasteiger partial charge is 0.347 e. The zero-order chi connectivity index (χ0) is 14.7. The van der Waals surface area contributed by atoms with Gasteiger partial charge in [-0.15, -0.1) is 0 Å². The monoisotopic (exact) mass is 291 g/mol. The lowest BCUT2D eigenvalue weighted by Crippen LogP contribution is -2.16. The highest BCUT2D eigenvalue weighted by Crippen LogP contribution is 2.30. The number of aromatic carboxylic acids is 1. The van der Waals surface area contributed by atoms with E-state index in [1.165, 1.54) is 11.3 Å². The van der Waals surface area contributed by atoms with Gasteiger partial charge in [0.1, 0.15) is 4.88 Å². The average molecular weight is 291 g/mol. The largest absolute Gasteiger partial charge is 0.477 e. The topological polar surface area (TPSA) is 66.3 Å². The molecule has 0 fully saturated rings. The number of aromatic nitrogens is 2. The van der Waals surface area contributed by atoms with Crippen LogP contribution in [0.5, 0.6) is 0 Å². The summed E-state index contributed by atoms with van der Waals surface area (Å²) in [6, 6.07) is 5.73. The maximum Gasteiger partial charge on any atom is 0.347 e. The summed E-state index contributed by atoms with van der Waals surface area (Å²) in [6.07, 6.45) is 1.74. The van der Waals surface area contributed by atoms with Crippen molar-refractivity contribution in [3.63, 3.8) is 0 Å². The molecule has 0 atom stereocenters. The number of rotatable bonds is 5. The molecule has 20 heavy (non-hydrogen) atoms. The van der Waals surface area contributed by atoms with Crippen molar-refractivity contribution < 1.29 is 9.90 Å². The van der Waals surface area contributed by atoms with E-state index in [4.69, 9.17) is 0 Å². The number of nitrogens with zero attached hydrogens (tertiary/aromatic N) is 3. The lowest BCUT2D eigenvalue weighted by Gasteiger charge is -2.14. The normalized spacial score (nSPS) is 10.8. The molecule has 106 valence electrons. The highest BCUT2D eigenvalue weighted by Gasteiger charge is 2.21. The average Bonchev–Trinajstić information content (AvgIpc) is 2.85. The van der Waals surface area contributed by atoms with Crippen LogP contribution in [0, 0.1) is 0 Å². The van der Waals surface area contributed by atoms with Gasteiger partial charge in [-0.05, 0) is 18.1 Å². The van der Waals surface area contributed by atoms with Gasteiger partial charge >= 0.3 is 5.97 Å². The number of carbonyl (C=O) groups is 1. The van der Waals surface area contributed by atoms with Crippen molar-refractivity contribution in [2.45, 2.75) is 26.3 Å². The van der Waals surface area contributed by atoms with Crippen LogP contribution >= 0.6 is 11.3 Å². The molecule has 6 heteroatoms. The van der Waals surface area contributed by atoms with Crippen LogP contribution in [-0.2, 0) is 6.54 Å². The Morgan fingerprint density at radius 2 is 2.20 bits per heavy atom. The lowest BCUT2D eigenvalue weighted by atomic mass is 10.1. The Balaban J connectivity index is 2.24. The van der Waals surface area contributed by atoms with E-state index in [9.17, 15) is 9.90 Å². The van der Waals surface area contributed by atoms with Crippen LogP contribution in [0.4, 0.5) is 5.13 Å². The molecular weight excluding hydrogens is 274 g/mol. The van der Waals surface area contributed by atoms with Crippen LogP contribution in [0.25, 0.3) is 0 Å². The van der Waals surface area contributed by atoms with Gasteiger partial charge in [0.05, 0.1) is 17.9 Å². The van der Waals surface area contributed by atoms with E-state index in [2.05, 4.69) is 9.97 Å². The maximum atomic E-state index is 11.3. The zero-order valence-electron chi connectivity index (χ0n) is 11.7. The molecule has 0 saturated heterocycles. The van der Waals surface area contributed by atoms with Crippen molar-refractivity contribution in [2.24, 2.45) is 0 Å². The Labute approximate surface area is 121 Å². The predicted octanol–water partition coefficient (Wildman–Crippen LogP) is 3.00.